The quantitative estimate of drug-likeness (QED) is 0.781. The predicted molar refractivity (Wildman–Crippen MR) is 79.1 cm³/mol. The van der Waals surface area contributed by atoms with Gasteiger partial charge in [0.2, 0.25) is 0 Å². The van der Waals surface area contributed by atoms with E-state index in [4.69, 9.17) is 27.9 Å². The minimum Gasteiger partial charge on any atom is -0.484 e. The second-order valence-corrected chi connectivity index (χ2v) is 5.12. The molecule has 0 aliphatic carbocycles. The molecule has 1 aromatic carbocycles. The fraction of sp³-hybridized carbons (Fsp3) is 0.500. The SMILES string of the molecule is CCC(CC)(CCl)NC(=O)COc1ccc(Cl)cc1. The van der Waals surface area contributed by atoms with E-state index >= 15 is 0 Å². The summed E-state index contributed by atoms with van der Waals surface area (Å²) in [6, 6.07) is 6.89. The van der Waals surface area contributed by atoms with Crippen molar-refractivity contribution >= 4 is 29.1 Å². The van der Waals surface area contributed by atoms with Gasteiger partial charge in [0.25, 0.3) is 5.91 Å². The molecule has 1 aromatic rings. The van der Waals surface area contributed by atoms with Gasteiger partial charge in [0.15, 0.2) is 6.61 Å². The highest BCUT2D eigenvalue weighted by Gasteiger charge is 2.26. The fourth-order valence-electron chi connectivity index (χ4n) is 1.66. The average Bonchev–Trinajstić information content (AvgIpc) is 2.44. The molecule has 0 saturated carbocycles. The molecule has 0 heterocycles. The highest BCUT2D eigenvalue weighted by atomic mass is 35.5. The third-order valence-corrected chi connectivity index (χ3v) is 3.96. The minimum atomic E-state index is -0.345. The third kappa shape index (κ3) is 4.92. The van der Waals surface area contributed by atoms with Crippen molar-refractivity contribution in [1.82, 2.24) is 5.32 Å². The maximum Gasteiger partial charge on any atom is 0.258 e. The Kier molecular flexibility index (Phi) is 6.46. The number of hydrogen-bond donors (Lipinski definition) is 1. The van der Waals surface area contributed by atoms with E-state index in [2.05, 4.69) is 5.32 Å². The number of hydrogen-bond acceptors (Lipinski definition) is 2. The second kappa shape index (κ2) is 7.61. The van der Waals surface area contributed by atoms with Crippen molar-refractivity contribution in [2.24, 2.45) is 0 Å². The molecule has 0 saturated heterocycles. The molecular weight excluding hydrogens is 285 g/mol. The average molecular weight is 304 g/mol. The van der Waals surface area contributed by atoms with Crippen LogP contribution in [-0.2, 0) is 4.79 Å². The molecule has 1 rings (SSSR count). The lowest BCUT2D eigenvalue weighted by molar-refractivity contribution is -0.124. The number of carbonyl (C=O) groups is 1. The van der Waals surface area contributed by atoms with E-state index in [1.807, 2.05) is 13.8 Å². The molecular formula is C14H19Cl2NO2. The summed E-state index contributed by atoms with van der Waals surface area (Å²) < 4.78 is 5.39. The van der Waals surface area contributed by atoms with E-state index in [9.17, 15) is 4.79 Å². The van der Waals surface area contributed by atoms with Gasteiger partial charge in [-0.3, -0.25) is 4.79 Å². The number of rotatable bonds is 7. The summed E-state index contributed by atoms with van der Waals surface area (Å²) in [5.74, 6) is 0.843. The van der Waals surface area contributed by atoms with Crippen LogP contribution in [-0.4, -0.2) is 23.9 Å². The minimum absolute atomic E-state index is 0.0275. The molecule has 0 aromatic heterocycles. The van der Waals surface area contributed by atoms with Gasteiger partial charge in [0.05, 0.1) is 5.54 Å². The molecule has 19 heavy (non-hydrogen) atoms. The molecule has 1 N–H and O–H groups in total. The van der Waals surface area contributed by atoms with Crippen LogP contribution in [0.1, 0.15) is 26.7 Å². The Morgan fingerprint density at radius 3 is 2.32 bits per heavy atom. The van der Waals surface area contributed by atoms with Crippen molar-refractivity contribution in [1.29, 1.82) is 0 Å². The van der Waals surface area contributed by atoms with Gasteiger partial charge in [-0.05, 0) is 37.1 Å². The lowest BCUT2D eigenvalue weighted by atomic mass is 9.95. The van der Waals surface area contributed by atoms with Gasteiger partial charge >= 0.3 is 0 Å². The maximum atomic E-state index is 11.9. The molecule has 0 aliphatic heterocycles. The Morgan fingerprint density at radius 2 is 1.84 bits per heavy atom. The molecule has 0 unspecified atom stereocenters. The molecule has 0 bridgehead atoms. The zero-order valence-corrected chi connectivity index (χ0v) is 12.7. The molecule has 0 radical (unpaired) electrons. The largest absolute Gasteiger partial charge is 0.484 e. The topological polar surface area (TPSA) is 38.3 Å². The highest BCUT2D eigenvalue weighted by molar-refractivity contribution is 6.30. The molecule has 106 valence electrons. The first-order valence-electron chi connectivity index (χ1n) is 6.30. The Balaban J connectivity index is 2.49. The summed E-state index contributed by atoms with van der Waals surface area (Å²) in [7, 11) is 0. The summed E-state index contributed by atoms with van der Waals surface area (Å²) in [5.41, 5.74) is -0.345. The van der Waals surface area contributed by atoms with E-state index in [0.29, 0.717) is 16.7 Å². The number of alkyl halides is 1. The molecule has 1 amide bonds. The molecule has 3 nitrogen and oxygen atoms in total. The first-order chi connectivity index (χ1) is 9.05. The van der Waals surface area contributed by atoms with E-state index < -0.39 is 0 Å². The highest BCUT2D eigenvalue weighted by Crippen LogP contribution is 2.18. The number of benzene rings is 1. The van der Waals surface area contributed by atoms with Crippen LogP contribution in [0.25, 0.3) is 0 Å². The predicted octanol–water partition coefficient (Wildman–Crippen LogP) is 3.63. The Labute approximate surface area is 124 Å². The summed E-state index contributed by atoms with van der Waals surface area (Å²) >= 11 is 11.7. The second-order valence-electron chi connectivity index (χ2n) is 4.41. The first kappa shape index (κ1) is 16.1. The van der Waals surface area contributed by atoms with Crippen molar-refractivity contribution in [2.45, 2.75) is 32.2 Å². The van der Waals surface area contributed by atoms with E-state index in [1.54, 1.807) is 24.3 Å². The van der Waals surface area contributed by atoms with E-state index in [-0.39, 0.29) is 18.1 Å². The van der Waals surface area contributed by atoms with Gasteiger partial charge in [0.1, 0.15) is 5.75 Å². The van der Waals surface area contributed by atoms with Crippen molar-refractivity contribution in [2.75, 3.05) is 12.5 Å². The third-order valence-electron chi connectivity index (χ3n) is 3.20. The van der Waals surface area contributed by atoms with Crippen LogP contribution >= 0.6 is 23.2 Å². The zero-order chi connectivity index (χ0) is 14.3. The van der Waals surface area contributed by atoms with Crippen LogP contribution in [0.15, 0.2) is 24.3 Å². The lowest BCUT2D eigenvalue weighted by Crippen LogP contribution is -2.50. The van der Waals surface area contributed by atoms with Crippen LogP contribution < -0.4 is 10.1 Å². The Bertz CT molecular complexity index is 394. The first-order valence-corrected chi connectivity index (χ1v) is 7.22. The Hall–Kier alpha value is -0.930. The summed E-state index contributed by atoms with van der Waals surface area (Å²) in [6.45, 7) is 3.98. The lowest BCUT2D eigenvalue weighted by Gasteiger charge is -2.30. The number of carbonyl (C=O) groups excluding carboxylic acids is 1. The van der Waals surface area contributed by atoms with Gasteiger partial charge in [0, 0.05) is 10.9 Å². The molecule has 5 heteroatoms. The Morgan fingerprint density at radius 1 is 1.26 bits per heavy atom. The number of nitrogens with one attached hydrogen (secondary N) is 1. The van der Waals surface area contributed by atoms with Crippen LogP contribution in [0, 0.1) is 0 Å². The summed E-state index contributed by atoms with van der Waals surface area (Å²) in [5, 5.41) is 3.57. The maximum absolute atomic E-state index is 11.9. The van der Waals surface area contributed by atoms with Gasteiger partial charge in [-0.15, -0.1) is 11.6 Å². The smallest absolute Gasteiger partial charge is 0.258 e. The standard InChI is InChI=1S/C14H19Cl2NO2/c1-3-14(4-2,10-15)17-13(18)9-19-12-7-5-11(16)6-8-12/h5-8H,3-4,9-10H2,1-2H3,(H,17,18). The van der Waals surface area contributed by atoms with Gasteiger partial charge in [-0.25, -0.2) is 0 Å². The van der Waals surface area contributed by atoms with Gasteiger partial charge in [-0.2, -0.15) is 0 Å². The normalized spacial score (nSPS) is 11.2. The van der Waals surface area contributed by atoms with Crippen molar-refractivity contribution in [3.63, 3.8) is 0 Å². The summed E-state index contributed by atoms with van der Waals surface area (Å²) in [4.78, 5) is 11.9. The molecule has 0 fully saturated rings. The fourth-order valence-corrected chi connectivity index (χ4v) is 2.23. The van der Waals surface area contributed by atoms with Crippen LogP contribution in [0.5, 0.6) is 5.75 Å². The zero-order valence-electron chi connectivity index (χ0n) is 11.2. The number of amides is 1. The van der Waals surface area contributed by atoms with Crippen LogP contribution in [0.2, 0.25) is 5.02 Å². The van der Waals surface area contributed by atoms with Crippen LogP contribution in [0.4, 0.5) is 0 Å². The summed E-state index contributed by atoms with van der Waals surface area (Å²) in [6.07, 6.45) is 1.58. The van der Waals surface area contributed by atoms with Gasteiger partial charge in [-0.1, -0.05) is 25.4 Å². The molecule has 0 spiro atoms. The van der Waals surface area contributed by atoms with Crippen molar-refractivity contribution in [3.8, 4) is 5.75 Å². The monoisotopic (exact) mass is 303 g/mol. The molecule has 0 atom stereocenters. The van der Waals surface area contributed by atoms with E-state index in [1.165, 1.54) is 0 Å². The van der Waals surface area contributed by atoms with E-state index in [0.717, 1.165) is 12.8 Å². The molecule has 0 aliphatic rings. The van der Waals surface area contributed by atoms with Crippen molar-refractivity contribution < 1.29 is 9.53 Å². The number of ether oxygens (including phenoxy) is 1. The van der Waals surface area contributed by atoms with Gasteiger partial charge < -0.3 is 10.1 Å². The van der Waals surface area contributed by atoms with Crippen LogP contribution in [0.3, 0.4) is 0 Å². The van der Waals surface area contributed by atoms with Crippen molar-refractivity contribution in [3.05, 3.63) is 29.3 Å². The number of halogens is 2.